The molecule has 1 rings (SSSR count). The number of ether oxygens (including phenoxy) is 2. The molecule has 11 heteroatoms. The number of aliphatic hydroxyl groups excluding tert-OH is 7. The van der Waals surface area contributed by atoms with Crippen molar-refractivity contribution in [3.8, 4) is 0 Å². The van der Waals surface area contributed by atoms with E-state index in [1.54, 1.807) is 0 Å². The number of hydrogen-bond acceptors (Lipinski definition) is 10. The number of rotatable bonds is 49. The molecule has 67 heavy (non-hydrogen) atoms. The van der Waals surface area contributed by atoms with Gasteiger partial charge in [-0.2, -0.15) is 0 Å². The Hall–Kier alpha value is -1.15. The van der Waals surface area contributed by atoms with Crippen LogP contribution in [0.4, 0.5) is 0 Å². The molecule has 0 aromatic carbocycles. The standard InChI is InChI=1S/C56H109NO10/c1-3-5-7-9-11-13-15-17-18-19-20-21-22-23-24-25-26-27-28-29-30-31-32-34-36-38-40-42-44-49(60)55(65)57-47(46-66-56-54(64)53(63)52(62)50(45-58)67-56)51(61)48(59)43-41-39-37-35-33-16-14-12-10-8-6-4-2/h23-24,47-54,56,58-64H,3-22,25-46H2,1-2H3,(H,57,65)/b24-23-. The molecule has 1 aliphatic rings. The summed E-state index contributed by atoms with van der Waals surface area (Å²) in [5.41, 5.74) is 0. The molecule has 1 heterocycles. The van der Waals surface area contributed by atoms with E-state index in [9.17, 15) is 40.5 Å². The Morgan fingerprint density at radius 2 is 0.866 bits per heavy atom. The van der Waals surface area contributed by atoms with Gasteiger partial charge >= 0.3 is 0 Å². The third-order valence-electron chi connectivity index (χ3n) is 14.1. The normalized spacial score (nSPS) is 20.6. The van der Waals surface area contributed by atoms with Crippen LogP contribution in [-0.4, -0.2) is 110 Å². The van der Waals surface area contributed by atoms with E-state index >= 15 is 0 Å². The highest BCUT2D eigenvalue weighted by molar-refractivity contribution is 5.80. The second kappa shape index (κ2) is 46.0. The van der Waals surface area contributed by atoms with E-state index in [4.69, 9.17) is 9.47 Å². The molecule has 0 aliphatic carbocycles. The van der Waals surface area contributed by atoms with E-state index in [0.717, 1.165) is 38.5 Å². The van der Waals surface area contributed by atoms with Crippen molar-refractivity contribution in [1.29, 1.82) is 0 Å². The molecule has 0 aromatic heterocycles. The van der Waals surface area contributed by atoms with Gasteiger partial charge < -0.3 is 50.5 Å². The van der Waals surface area contributed by atoms with Gasteiger partial charge in [-0.05, 0) is 38.5 Å². The molecule has 8 N–H and O–H groups in total. The maximum Gasteiger partial charge on any atom is 0.249 e. The Morgan fingerprint density at radius 1 is 0.507 bits per heavy atom. The van der Waals surface area contributed by atoms with Crippen molar-refractivity contribution >= 4 is 5.91 Å². The summed E-state index contributed by atoms with van der Waals surface area (Å²) in [5, 5.41) is 75.9. The minimum atomic E-state index is -1.66. The first kappa shape index (κ1) is 63.9. The topological polar surface area (TPSA) is 189 Å². The lowest BCUT2D eigenvalue weighted by Gasteiger charge is -2.40. The monoisotopic (exact) mass is 956 g/mol. The number of carbonyl (C=O) groups excluding carboxylic acids is 1. The highest BCUT2D eigenvalue weighted by atomic mass is 16.7. The van der Waals surface area contributed by atoms with Gasteiger partial charge in [0.2, 0.25) is 5.91 Å². The van der Waals surface area contributed by atoms with Gasteiger partial charge in [-0.3, -0.25) is 4.79 Å². The molecule has 1 saturated heterocycles. The minimum absolute atomic E-state index is 0.263. The third kappa shape index (κ3) is 34.8. The first-order chi connectivity index (χ1) is 32.7. The molecule has 11 nitrogen and oxygen atoms in total. The van der Waals surface area contributed by atoms with Crippen molar-refractivity contribution in [1.82, 2.24) is 5.32 Å². The molecule has 1 fully saturated rings. The summed E-state index contributed by atoms with van der Waals surface area (Å²) in [6.45, 7) is 3.46. The predicted molar refractivity (Wildman–Crippen MR) is 275 cm³/mol. The van der Waals surface area contributed by atoms with Crippen LogP contribution in [0.1, 0.15) is 271 Å². The largest absolute Gasteiger partial charge is 0.394 e. The zero-order chi connectivity index (χ0) is 49.0. The lowest BCUT2D eigenvalue weighted by atomic mass is 9.98. The Morgan fingerprint density at radius 3 is 1.25 bits per heavy atom. The van der Waals surface area contributed by atoms with Crippen LogP contribution in [0, 0.1) is 0 Å². The Balaban J connectivity index is 2.23. The maximum absolute atomic E-state index is 13.1. The highest BCUT2D eigenvalue weighted by Gasteiger charge is 2.44. The summed E-state index contributed by atoms with van der Waals surface area (Å²) in [6, 6.07) is -1.16. The summed E-state index contributed by atoms with van der Waals surface area (Å²) in [6.07, 6.45) is 41.4. The number of hydrogen-bond donors (Lipinski definition) is 8. The van der Waals surface area contributed by atoms with Gasteiger partial charge in [0.15, 0.2) is 6.29 Å². The number of nitrogens with one attached hydrogen (secondary N) is 1. The van der Waals surface area contributed by atoms with Gasteiger partial charge in [-0.15, -0.1) is 0 Å². The summed E-state index contributed by atoms with van der Waals surface area (Å²) in [7, 11) is 0. The number of aliphatic hydroxyl groups is 7. The SMILES string of the molecule is CCCCCCCCCCCCCC/C=C\CCCCCCCCCCCCCCC(O)C(=O)NC(COC1OC(CO)C(O)C(O)C1O)C(O)C(O)CCCCCCCCCCCCCC. The summed E-state index contributed by atoms with van der Waals surface area (Å²) in [5.74, 6) is -0.694. The average Bonchev–Trinajstić information content (AvgIpc) is 3.33. The van der Waals surface area contributed by atoms with Crippen LogP contribution in [0.15, 0.2) is 12.2 Å². The molecule has 0 saturated carbocycles. The van der Waals surface area contributed by atoms with E-state index in [-0.39, 0.29) is 6.42 Å². The fourth-order valence-electron chi connectivity index (χ4n) is 9.38. The zero-order valence-electron chi connectivity index (χ0n) is 43.4. The smallest absolute Gasteiger partial charge is 0.249 e. The minimum Gasteiger partial charge on any atom is -0.394 e. The van der Waals surface area contributed by atoms with E-state index in [2.05, 4.69) is 31.3 Å². The molecule has 9 unspecified atom stereocenters. The van der Waals surface area contributed by atoms with Crippen LogP contribution < -0.4 is 5.32 Å². The lowest BCUT2D eigenvalue weighted by molar-refractivity contribution is -0.303. The Labute approximate surface area is 411 Å². The predicted octanol–water partition coefficient (Wildman–Crippen LogP) is 11.6. The van der Waals surface area contributed by atoms with Crippen LogP contribution in [0.3, 0.4) is 0 Å². The molecule has 1 aliphatic heterocycles. The van der Waals surface area contributed by atoms with Crippen molar-refractivity contribution in [2.45, 2.75) is 326 Å². The van der Waals surface area contributed by atoms with Crippen LogP contribution >= 0.6 is 0 Å². The molecular formula is C56H109NO10. The number of amides is 1. The molecule has 0 aromatic rings. The van der Waals surface area contributed by atoms with Gasteiger partial charge in [-0.25, -0.2) is 0 Å². The van der Waals surface area contributed by atoms with E-state index in [1.165, 1.54) is 193 Å². The number of unbranched alkanes of at least 4 members (excludes halogenated alkanes) is 35. The van der Waals surface area contributed by atoms with Gasteiger partial charge in [0.1, 0.15) is 36.6 Å². The molecule has 0 spiro atoms. The van der Waals surface area contributed by atoms with E-state index in [1.807, 2.05) is 0 Å². The average molecular weight is 956 g/mol. The van der Waals surface area contributed by atoms with Gasteiger partial charge in [0.25, 0.3) is 0 Å². The molecule has 0 bridgehead atoms. The van der Waals surface area contributed by atoms with Crippen molar-refractivity contribution in [3.63, 3.8) is 0 Å². The summed E-state index contributed by atoms with van der Waals surface area (Å²) < 4.78 is 11.1. The van der Waals surface area contributed by atoms with Crippen molar-refractivity contribution in [2.75, 3.05) is 13.2 Å². The second-order valence-corrected chi connectivity index (χ2v) is 20.4. The fourth-order valence-corrected chi connectivity index (χ4v) is 9.38. The Kier molecular flexibility index (Phi) is 43.8. The third-order valence-corrected chi connectivity index (χ3v) is 14.1. The first-order valence-electron chi connectivity index (χ1n) is 28.6. The number of carbonyl (C=O) groups is 1. The maximum atomic E-state index is 13.1. The quantitative estimate of drug-likeness (QED) is 0.0215. The van der Waals surface area contributed by atoms with Crippen LogP contribution in [0.2, 0.25) is 0 Å². The van der Waals surface area contributed by atoms with Crippen molar-refractivity contribution in [2.24, 2.45) is 0 Å². The molecule has 398 valence electrons. The first-order valence-corrected chi connectivity index (χ1v) is 28.6. The van der Waals surface area contributed by atoms with Crippen molar-refractivity contribution in [3.05, 3.63) is 12.2 Å². The second-order valence-electron chi connectivity index (χ2n) is 20.4. The number of allylic oxidation sites excluding steroid dienone is 2. The molecule has 9 atom stereocenters. The van der Waals surface area contributed by atoms with E-state index in [0.29, 0.717) is 19.3 Å². The van der Waals surface area contributed by atoms with Gasteiger partial charge in [0, 0.05) is 0 Å². The van der Waals surface area contributed by atoms with Gasteiger partial charge in [0.05, 0.1) is 25.4 Å². The Bertz CT molecular complexity index is 1100. The fraction of sp³-hybridized carbons (Fsp3) is 0.946. The lowest BCUT2D eigenvalue weighted by Crippen LogP contribution is -2.60. The molecular weight excluding hydrogens is 847 g/mol. The van der Waals surface area contributed by atoms with Crippen LogP contribution in [0.25, 0.3) is 0 Å². The van der Waals surface area contributed by atoms with Gasteiger partial charge in [-0.1, -0.05) is 244 Å². The van der Waals surface area contributed by atoms with Crippen molar-refractivity contribution < 1.29 is 50.0 Å². The summed E-state index contributed by atoms with van der Waals surface area (Å²) >= 11 is 0. The summed E-state index contributed by atoms with van der Waals surface area (Å²) in [4.78, 5) is 13.1. The molecule has 0 radical (unpaired) electrons. The highest BCUT2D eigenvalue weighted by Crippen LogP contribution is 2.23. The van der Waals surface area contributed by atoms with Crippen LogP contribution in [-0.2, 0) is 14.3 Å². The zero-order valence-corrected chi connectivity index (χ0v) is 43.4. The van der Waals surface area contributed by atoms with Crippen LogP contribution in [0.5, 0.6) is 0 Å². The van der Waals surface area contributed by atoms with E-state index < -0.39 is 74.2 Å². The molecule has 1 amide bonds.